The molecule has 0 unspecified atom stereocenters. The second kappa shape index (κ2) is 9.78. The SMILES string of the molecule is CCOc1ccc(C2CCC(c3ccc(-c4ccc(CO)cc4)c(F)c3F)CC2)c(F)c1. The lowest BCUT2D eigenvalue weighted by Crippen LogP contribution is -2.15. The Balaban J connectivity index is 1.48. The maximum atomic E-state index is 15.0. The highest BCUT2D eigenvalue weighted by molar-refractivity contribution is 5.65. The lowest BCUT2D eigenvalue weighted by molar-refractivity contribution is 0.282. The third kappa shape index (κ3) is 4.53. The van der Waals surface area contributed by atoms with Gasteiger partial charge in [-0.3, -0.25) is 0 Å². The van der Waals surface area contributed by atoms with Crippen LogP contribution >= 0.6 is 0 Å². The summed E-state index contributed by atoms with van der Waals surface area (Å²) in [6.45, 7) is 2.24. The van der Waals surface area contributed by atoms with Crippen LogP contribution in [0.1, 0.15) is 61.1 Å². The largest absolute Gasteiger partial charge is 0.494 e. The second-order valence-corrected chi connectivity index (χ2v) is 8.35. The Morgan fingerprint density at radius 3 is 2.03 bits per heavy atom. The van der Waals surface area contributed by atoms with Crippen molar-refractivity contribution in [2.75, 3.05) is 6.61 Å². The van der Waals surface area contributed by atoms with Crippen molar-refractivity contribution < 1.29 is 23.0 Å². The quantitative estimate of drug-likeness (QED) is 0.443. The predicted molar refractivity (Wildman–Crippen MR) is 119 cm³/mol. The fraction of sp³-hybridized carbons (Fsp3) is 0.333. The zero-order chi connectivity index (χ0) is 22.7. The van der Waals surface area contributed by atoms with Gasteiger partial charge < -0.3 is 9.84 Å². The first kappa shape index (κ1) is 22.4. The monoisotopic (exact) mass is 440 g/mol. The molecule has 0 spiro atoms. The summed E-state index contributed by atoms with van der Waals surface area (Å²) in [5.41, 5.74) is 2.55. The Hall–Kier alpha value is -2.79. The first-order valence-corrected chi connectivity index (χ1v) is 11.1. The average molecular weight is 441 g/mol. The molecule has 1 fully saturated rings. The number of ether oxygens (including phenoxy) is 1. The zero-order valence-electron chi connectivity index (χ0n) is 18.1. The van der Waals surface area contributed by atoms with Crippen LogP contribution in [0.3, 0.4) is 0 Å². The van der Waals surface area contributed by atoms with Crippen LogP contribution in [-0.4, -0.2) is 11.7 Å². The van der Waals surface area contributed by atoms with Crippen molar-refractivity contribution >= 4 is 0 Å². The molecule has 0 heterocycles. The summed E-state index contributed by atoms with van der Waals surface area (Å²) in [6, 6.07) is 15.0. The molecule has 3 aromatic rings. The van der Waals surface area contributed by atoms with Crippen LogP contribution in [0.2, 0.25) is 0 Å². The standard InChI is InChI=1S/C27H27F3O2/c1-2-32-21-11-12-22(25(28)15-21)18-7-9-20(10-8-18)24-14-13-23(26(29)27(24)30)19-5-3-17(16-31)4-6-19/h3-6,11-15,18,20,31H,2,7-10,16H2,1H3. The maximum Gasteiger partial charge on any atom is 0.166 e. The van der Waals surface area contributed by atoms with E-state index in [4.69, 9.17) is 9.84 Å². The molecule has 168 valence electrons. The highest BCUT2D eigenvalue weighted by Crippen LogP contribution is 2.43. The average Bonchev–Trinajstić information content (AvgIpc) is 2.82. The van der Waals surface area contributed by atoms with Gasteiger partial charge in [-0.05, 0) is 72.8 Å². The van der Waals surface area contributed by atoms with Gasteiger partial charge in [-0.2, -0.15) is 0 Å². The van der Waals surface area contributed by atoms with Gasteiger partial charge in [0.05, 0.1) is 13.2 Å². The molecule has 0 aliphatic heterocycles. The van der Waals surface area contributed by atoms with Gasteiger partial charge in [0.25, 0.3) is 0 Å². The van der Waals surface area contributed by atoms with E-state index in [9.17, 15) is 13.2 Å². The number of hydrogen-bond acceptors (Lipinski definition) is 2. The summed E-state index contributed by atoms with van der Waals surface area (Å²) in [7, 11) is 0. The summed E-state index contributed by atoms with van der Waals surface area (Å²) >= 11 is 0. The Kier molecular flexibility index (Phi) is 6.85. The third-order valence-corrected chi connectivity index (χ3v) is 6.45. The van der Waals surface area contributed by atoms with E-state index < -0.39 is 11.6 Å². The van der Waals surface area contributed by atoms with E-state index >= 15 is 0 Å². The van der Waals surface area contributed by atoms with E-state index in [2.05, 4.69) is 0 Å². The van der Waals surface area contributed by atoms with Crippen molar-refractivity contribution in [1.82, 2.24) is 0 Å². The molecule has 1 saturated carbocycles. The molecule has 0 bridgehead atoms. The maximum absolute atomic E-state index is 15.0. The number of aliphatic hydroxyl groups is 1. The molecule has 32 heavy (non-hydrogen) atoms. The van der Waals surface area contributed by atoms with Gasteiger partial charge in [-0.25, -0.2) is 13.2 Å². The smallest absolute Gasteiger partial charge is 0.166 e. The van der Waals surface area contributed by atoms with Crippen molar-refractivity contribution in [3.05, 3.63) is 88.7 Å². The van der Waals surface area contributed by atoms with Gasteiger partial charge in [-0.1, -0.05) is 42.5 Å². The molecule has 1 aliphatic carbocycles. The van der Waals surface area contributed by atoms with Crippen LogP contribution in [0.25, 0.3) is 11.1 Å². The van der Waals surface area contributed by atoms with Gasteiger partial charge in [0.2, 0.25) is 0 Å². The number of halogens is 3. The molecular weight excluding hydrogens is 413 g/mol. The van der Waals surface area contributed by atoms with Gasteiger partial charge in [0.1, 0.15) is 11.6 Å². The molecule has 0 saturated heterocycles. The summed E-state index contributed by atoms with van der Waals surface area (Å²) in [6.07, 6.45) is 2.80. The van der Waals surface area contributed by atoms with Crippen LogP contribution in [0, 0.1) is 17.5 Å². The van der Waals surface area contributed by atoms with E-state index in [1.54, 1.807) is 48.5 Å². The molecule has 0 amide bonds. The van der Waals surface area contributed by atoms with Crippen LogP contribution in [0.15, 0.2) is 54.6 Å². The number of rotatable bonds is 6. The Bertz CT molecular complexity index is 1070. The molecule has 5 heteroatoms. The van der Waals surface area contributed by atoms with Crippen molar-refractivity contribution in [3.8, 4) is 16.9 Å². The first-order chi connectivity index (χ1) is 15.5. The third-order valence-electron chi connectivity index (χ3n) is 6.45. The van der Waals surface area contributed by atoms with Crippen LogP contribution in [-0.2, 0) is 6.61 Å². The topological polar surface area (TPSA) is 29.5 Å². The number of aliphatic hydroxyl groups excluding tert-OH is 1. The molecular formula is C27H27F3O2. The Morgan fingerprint density at radius 2 is 1.44 bits per heavy atom. The molecule has 1 aliphatic rings. The van der Waals surface area contributed by atoms with Crippen molar-refractivity contribution in [3.63, 3.8) is 0 Å². The summed E-state index contributed by atoms with van der Waals surface area (Å²) in [4.78, 5) is 0. The minimum absolute atomic E-state index is 0.0687. The Morgan fingerprint density at radius 1 is 0.812 bits per heavy atom. The highest BCUT2D eigenvalue weighted by Gasteiger charge is 2.28. The molecule has 0 atom stereocenters. The van der Waals surface area contributed by atoms with Gasteiger partial charge in [0, 0.05) is 11.6 Å². The highest BCUT2D eigenvalue weighted by atomic mass is 19.2. The fourth-order valence-corrected chi connectivity index (χ4v) is 4.70. The minimum atomic E-state index is -0.848. The number of hydrogen-bond donors (Lipinski definition) is 1. The molecule has 4 rings (SSSR count). The summed E-state index contributed by atoms with van der Waals surface area (Å²) in [5.74, 6) is -1.42. The van der Waals surface area contributed by atoms with E-state index in [0.29, 0.717) is 47.5 Å². The van der Waals surface area contributed by atoms with Crippen molar-refractivity contribution in [1.29, 1.82) is 0 Å². The van der Waals surface area contributed by atoms with E-state index in [1.807, 2.05) is 6.92 Å². The fourth-order valence-electron chi connectivity index (χ4n) is 4.70. The minimum Gasteiger partial charge on any atom is -0.494 e. The van der Waals surface area contributed by atoms with Gasteiger partial charge in [-0.15, -0.1) is 0 Å². The van der Waals surface area contributed by atoms with E-state index in [1.165, 1.54) is 6.07 Å². The summed E-state index contributed by atoms with van der Waals surface area (Å²) < 4.78 is 49.8. The van der Waals surface area contributed by atoms with Crippen molar-refractivity contribution in [2.45, 2.75) is 51.0 Å². The zero-order valence-corrected chi connectivity index (χ0v) is 18.1. The molecule has 3 aromatic carbocycles. The Labute approximate surface area is 186 Å². The first-order valence-electron chi connectivity index (χ1n) is 11.1. The predicted octanol–water partition coefficient (Wildman–Crippen LogP) is 7.10. The lowest BCUT2D eigenvalue weighted by atomic mass is 9.75. The molecule has 0 aromatic heterocycles. The molecule has 1 N–H and O–H groups in total. The molecule has 2 nitrogen and oxygen atoms in total. The van der Waals surface area contributed by atoms with Crippen LogP contribution < -0.4 is 4.74 Å². The van der Waals surface area contributed by atoms with E-state index in [-0.39, 0.29) is 29.8 Å². The molecule has 0 radical (unpaired) electrons. The van der Waals surface area contributed by atoms with Crippen molar-refractivity contribution in [2.24, 2.45) is 0 Å². The second-order valence-electron chi connectivity index (χ2n) is 8.35. The van der Waals surface area contributed by atoms with Crippen LogP contribution in [0.4, 0.5) is 13.2 Å². The summed E-state index contributed by atoms with van der Waals surface area (Å²) in [5, 5.41) is 9.16. The van der Waals surface area contributed by atoms with Gasteiger partial charge >= 0.3 is 0 Å². The van der Waals surface area contributed by atoms with Crippen LogP contribution in [0.5, 0.6) is 5.75 Å². The lowest BCUT2D eigenvalue weighted by Gasteiger charge is -2.30. The van der Waals surface area contributed by atoms with E-state index in [0.717, 1.165) is 12.8 Å². The normalized spacial score (nSPS) is 18.5. The van der Waals surface area contributed by atoms with Gasteiger partial charge in [0.15, 0.2) is 11.6 Å². The number of benzene rings is 3.